The largest absolute Gasteiger partial charge is 0.261 e. The van der Waals surface area contributed by atoms with Gasteiger partial charge in [-0.05, 0) is 19.4 Å². The van der Waals surface area contributed by atoms with E-state index in [-0.39, 0.29) is 0 Å². The highest BCUT2D eigenvalue weighted by molar-refractivity contribution is 4.58. The number of nitrogens with one attached hydrogen (secondary N) is 2. The number of hydrogen-bond acceptors (Lipinski definition) is 2. The zero-order valence-corrected chi connectivity index (χ0v) is 8.11. The topological polar surface area (TPSA) is 24.1 Å². The monoisotopic (exact) mass is 158 g/mol. The summed E-state index contributed by atoms with van der Waals surface area (Å²) in [5.74, 6) is 0.849. The second-order valence-electron chi connectivity index (χ2n) is 3.05. The minimum atomic E-state index is 0.849. The summed E-state index contributed by atoms with van der Waals surface area (Å²) in [4.78, 5) is 0. The average Bonchev–Trinajstić information content (AvgIpc) is 2.05. The summed E-state index contributed by atoms with van der Waals surface area (Å²) >= 11 is 0. The van der Waals surface area contributed by atoms with Crippen LogP contribution in [0.4, 0.5) is 0 Å². The Kier molecular flexibility index (Phi) is 7.96. The van der Waals surface area contributed by atoms with Crippen LogP contribution < -0.4 is 10.9 Å². The summed E-state index contributed by atoms with van der Waals surface area (Å²) in [6.07, 6.45) is 5.33. The molecule has 2 nitrogen and oxygen atoms in total. The molecule has 1 unspecified atom stereocenters. The lowest BCUT2D eigenvalue weighted by Gasteiger charge is -2.14. The molecule has 0 aromatic rings. The van der Waals surface area contributed by atoms with Gasteiger partial charge in [-0.15, -0.1) is 0 Å². The number of unbranched alkanes of at least 4 members (excludes halogenated alkanes) is 1. The molecular formula is C9H22N2. The molecule has 0 aromatic carbocycles. The van der Waals surface area contributed by atoms with Crippen molar-refractivity contribution in [2.75, 3.05) is 13.6 Å². The van der Waals surface area contributed by atoms with Crippen LogP contribution in [0.15, 0.2) is 0 Å². The zero-order chi connectivity index (χ0) is 8.53. The lowest BCUT2D eigenvalue weighted by atomic mass is 10.00. The highest BCUT2D eigenvalue weighted by Gasteiger charge is 2.03. The van der Waals surface area contributed by atoms with Crippen molar-refractivity contribution >= 4 is 0 Å². The van der Waals surface area contributed by atoms with E-state index in [4.69, 9.17) is 0 Å². The third-order valence-electron chi connectivity index (χ3n) is 2.11. The first kappa shape index (κ1) is 10.9. The van der Waals surface area contributed by atoms with Gasteiger partial charge in [0.1, 0.15) is 0 Å². The molecule has 0 rings (SSSR count). The van der Waals surface area contributed by atoms with Crippen LogP contribution in [0.2, 0.25) is 0 Å². The van der Waals surface area contributed by atoms with Crippen LogP contribution in [0.3, 0.4) is 0 Å². The Bertz CT molecular complexity index is 66.0. The van der Waals surface area contributed by atoms with Gasteiger partial charge in [-0.25, -0.2) is 0 Å². The highest BCUT2D eigenvalue weighted by atomic mass is 15.3. The second-order valence-corrected chi connectivity index (χ2v) is 3.05. The fourth-order valence-corrected chi connectivity index (χ4v) is 1.19. The fraction of sp³-hybridized carbons (Fsp3) is 1.00. The molecule has 0 radical (unpaired) electrons. The summed E-state index contributed by atoms with van der Waals surface area (Å²) in [6, 6.07) is 0. The van der Waals surface area contributed by atoms with Gasteiger partial charge in [0.25, 0.3) is 0 Å². The van der Waals surface area contributed by atoms with Crippen LogP contribution in [-0.2, 0) is 0 Å². The van der Waals surface area contributed by atoms with Gasteiger partial charge in [0.2, 0.25) is 0 Å². The first-order chi connectivity index (χ1) is 5.35. The van der Waals surface area contributed by atoms with Crippen molar-refractivity contribution in [2.45, 2.75) is 39.5 Å². The van der Waals surface area contributed by atoms with E-state index in [1.54, 1.807) is 0 Å². The maximum absolute atomic E-state index is 3.16. The zero-order valence-electron chi connectivity index (χ0n) is 8.11. The summed E-state index contributed by atoms with van der Waals surface area (Å²) in [6.45, 7) is 5.61. The standard InChI is InChI=1S/C9H22N2/c1-4-6-7-9(5-2)8-11-10-3/h9-11H,4-8H2,1-3H3. The third-order valence-corrected chi connectivity index (χ3v) is 2.11. The number of rotatable bonds is 7. The summed E-state index contributed by atoms with van der Waals surface area (Å²) in [5.41, 5.74) is 6.12. The minimum absolute atomic E-state index is 0.849. The molecule has 0 spiro atoms. The molecule has 0 aliphatic rings. The molecule has 2 N–H and O–H groups in total. The van der Waals surface area contributed by atoms with Crippen molar-refractivity contribution in [1.82, 2.24) is 10.9 Å². The Hall–Kier alpha value is -0.0800. The molecule has 0 aliphatic heterocycles. The molecule has 0 aromatic heterocycles. The van der Waals surface area contributed by atoms with Crippen LogP contribution in [0.25, 0.3) is 0 Å². The molecule has 0 fully saturated rings. The maximum atomic E-state index is 3.16. The van der Waals surface area contributed by atoms with Gasteiger partial charge in [-0.1, -0.05) is 33.1 Å². The van der Waals surface area contributed by atoms with E-state index >= 15 is 0 Å². The van der Waals surface area contributed by atoms with Gasteiger partial charge in [0, 0.05) is 6.54 Å². The minimum Gasteiger partial charge on any atom is -0.261 e. The predicted molar refractivity (Wildman–Crippen MR) is 50.4 cm³/mol. The first-order valence-electron chi connectivity index (χ1n) is 4.74. The molecule has 0 bridgehead atoms. The molecule has 0 heterocycles. The summed E-state index contributed by atoms with van der Waals surface area (Å²) in [5, 5.41) is 0. The molecule has 2 heteroatoms. The number of hydrazine groups is 1. The summed E-state index contributed by atoms with van der Waals surface area (Å²) in [7, 11) is 1.92. The molecule has 0 saturated heterocycles. The Morgan fingerprint density at radius 1 is 1.27 bits per heavy atom. The van der Waals surface area contributed by atoms with Crippen LogP contribution in [-0.4, -0.2) is 13.6 Å². The Morgan fingerprint density at radius 3 is 2.45 bits per heavy atom. The lowest BCUT2D eigenvalue weighted by molar-refractivity contribution is 0.400. The highest BCUT2D eigenvalue weighted by Crippen LogP contribution is 2.10. The maximum Gasteiger partial charge on any atom is 0.0128 e. The smallest absolute Gasteiger partial charge is 0.0128 e. The van der Waals surface area contributed by atoms with E-state index in [0.29, 0.717) is 0 Å². The Balaban J connectivity index is 3.25. The van der Waals surface area contributed by atoms with E-state index in [1.165, 1.54) is 25.7 Å². The van der Waals surface area contributed by atoms with E-state index < -0.39 is 0 Å². The number of hydrogen-bond donors (Lipinski definition) is 2. The van der Waals surface area contributed by atoms with Crippen molar-refractivity contribution < 1.29 is 0 Å². The van der Waals surface area contributed by atoms with Crippen molar-refractivity contribution in [3.8, 4) is 0 Å². The van der Waals surface area contributed by atoms with Crippen LogP contribution >= 0.6 is 0 Å². The normalized spacial score (nSPS) is 13.4. The molecule has 0 saturated carbocycles. The molecule has 1 atom stereocenters. The molecular weight excluding hydrogens is 136 g/mol. The van der Waals surface area contributed by atoms with E-state index in [1.807, 2.05) is 7.05 Å². The van der Waals surface area contributed by atoms with Gasteiger partial charge >= 0.3 is 0 Å². The Morgan fingerprint density at radius 2 is 2.00 bits per heavy atom. The van der Waals surface area contributed by atoms with Crippen molar-refractivity contribution in [3.63, 3.8) is 0 Å². The summed E-state index contributed by atoms with van der Waals surface area (Å²) < 4.78 is 0. The first-order valence-corrected chi connectivity index (χ1v) is 4.74. The van der Waals surface area contributed by atoms with Crippen molar-refractivity contribution in [2.24, 2.45) is 5.92 Å². The quantitative estimate of drug-likeness (QED) is 0.553. The Labute approximate surface area is 70.7 Å². The van der Waals surface area contributed by atoms with Crippen LogP contribution in [0.5, 0.6) is 0 Å². The van der Waals surface area contributed by atoms with Gasteiger partial charge in [0.15, 0.2) is 0 Å². The van der Waals surface area contributed by atoms with Crippen LogP contribution in [0, 0.1) is 5.92 Å². The molecule has 0 amide bonds. The predicted octanol–water partition coefficient (Wildman–Crippen LogP) is 1.93. The lowest BCUT2D eigenvalue weighted by Crippen LogP contribution is -2.32. The average molecular weight is 158 g/mol. The van der Waals surface area contributed by atoms with Gasteiger partial charge in [-0.3, -0.25) is 10.9 Å². The third kappa shape index (κ3) is 6.32. The van der Waals surface area contributed by atoms with Crippen LogP contribution in [0.1, 0.15) is 39.5 Å². The van der Waals surface area contributed by atoms with Crippen molar-refractivity contribution in [3.05, 3.63) is 0 Å². The van der Waals surface area contributed by atoms with Gasteiger partial charge < -0.3 is 0 Å². The SMILES string of the molecule is CCCCC(CC)CNNC. The molecule has 11 heavy (non-hydrogen) atoms. The van der Waals surface area contributed by atoms with E-state index in [2.05, 4.69) is 24.7 Å². The molecule has 0 aliphatic carbocycles. The van der Waals surface area contributed by atoms with E-state index in [9.17, 15) is 0 Å². The van der Waals surface area contributed by atoms with Crippen molar-refractivity contribution in [1.29, 1.82) is 0 Å². The second kappa shape index (κ2) is 8.02. The molecule has 68 valence electrons. The van der Waals surface area contributed by atoms with Gasteiger partial charge in [-0.2, -0.15) is 0 Å². The van der Waals surface area contributed by atoms with Gasteiger partial charge in [0.05, 0.1) is 0 Å². The fourth-order valence-electron chi connectivity index (χ4n) is 1.19. The van der Waals surface area contributed by atoms with E-state index in [0.717, 1.165) is 12.5 Å².